The van der Waals surface area contributed by atoms with Crippen LogP contribution in [0.1, 0.15) is 49.9 Å². The van der Waals surface area contributed by atoms with Crippen molar-refractivity contribution in [2.24, 2.45) is 11.7 Å². The fraction of sp³-hybridized carbons (Fsp3) is 0.611. The van der Waals surface area contributed by atoms with Gasteiger partial charge in [0.25, 0.3) is 5.91 Å². The van der Waals surface area contributed by atoms with Gasteiger partial charge in [-0.25, -0.2) is 8.42 Å². The second kappa shape index (κ2) is 8.78. The van der Waals surface area contributed by atoms with Crippen LogP contribution in [0.25, 0.3) is 0 Å². The number of rotatable bonds is 7. The third-order valence-corrected chi connectivity index (χ3v) is 6.32. The number of piperidine rings is 1. The Bertz CT molecular complexity index is 683. The number of carbonyl (C=O) groups is 1. The van der Waals surface area contributed by atoms with Gasteiger partial charge in [0, 0.05) is 31.2 Å². The highest BCUT2D eigenvalue weighted by Crippen LogP contribution is 2.21. The lowest BCUT2D eigenvalue weighted by Gasteiger charge is -2.26. The summed E-state index contributed by atoms with van der Waals surface area (Å²) >= 11 is 0. The molecule has 1 amide bonds. The van der Waals surface area contributed by atoms with E-state index in [1.807, 2.05) is 0 Å². The number of sulfonamides is 1. The molecule has 3 N–H and O–H groups in total. The Morgan fingerprint density at radius 3 is 2.52 bits per heavy atom. The first kappa shape index (κ1) is 19.9. The largest absolute Gasteiger partial charge is 0.348 e. The summed E-state index contributed by atoms with van der Waals surface area (Å²) in [5.41, 5.74) is 6.07. The van der Waals surface area contributed by atoms with Gasteiger partial charge in [-0.2, -0.15) is 4.31 Å². The van der Waals surface area contributed by atoms with Crippen LogP contribution in [0.4, 0.5) is 0 Å². The summed E-state index contributed by atoms with van der Waals surface area (Å²) in [5.74, 6) is 0.131. The highest BCUT2D eigenvalue weighted by Gasteiger charge is 2.26. The molecular formula is C18H29N3O3S. The molecule has 1 aromatic carbocycles. The Kier molecular flexibility index (Phi) is 6.98. The fourth-order valence-corrected chi connectivity index (χ4v) is 4.67. The maximum atomic E-state index is 12.8. The van der Waals surface area contributed by atoms with Gasteiger partial charge in [0.15, 0.2) is 0 Å². The smallest absolute Gasteiger partial charge is 0.251 e. The molecule has 1 fully saturated rings. The topological polar surface area (TPSA) is 92.5 Å². The summed E-state index contributed by atoms with van der Waals surface area (Å²) in [7, 11) is -3.54. The number of nitrogens with one attached hydrogen (secondary N) is 1. The molecule has 140 valence electrons. The van der Waals surface area contributed by atoms with Crippen LogP contribution in [0.2, 0.25) is 0 Å². The molecule has 0 spiro atoms. The second-order valence-corrected chi connectivity index (χ2v) is 8.97. The molecule has 1 unspecified atom stereocenters. The van der Waals surface area contributed by atoms with Crippen LogP contribution < -0.4 is 11.1 Å². The predicted molar refractivity (Wildman–Crippen MR) is 98.8 cm³/mol. The molecule has 1 aliphatic rings. The van der Waals surface area contributed by atoms with E-state index in [4.69, 9.17) is 5.73 Å². The lowest BCUT2D eigenvalue weighted by molar-refractivity contribution is 0.0933. The van der Waals surface area contributed by atoms with Gasteiger partial charge in [0.1, 0.15) is 0 Å². The number of nitrogens with two attached hydrogens (primary N) is 1. The molecular weight excluding hydrogens is 338 g/mol. The van der Waals surface area contributed by atoms with Crippen LogP contribution in [-0.4, -0.2) is 44.3 Å². The Morgan fingerprint density at radius 2 is 1.92 bits per heavy atom. The van der Waals surface area contributed by atoms with E-state index < -0.39 is 10.0 Å². The summed E-state index contributed by atoms with van der Waals surface area (Å²) in [5, 5.41) is 2.90. The van der Waals surface area contributed by atoms with E-state index in [-0.39, 0.29) is 16.8 Å². The first-order valence-electron chi connectivity index (χ1n) is 8.95. The molecule has 2 rings (SSSR count). The first-order valence-corrected chi connectivity index (χ1v) is 10.4. The molecule has 6 nitrogen and oxygen atoms in total. The van der Waals surface area contributed by atoms with Crippen LogP contribution in [0.15, 0.2) is 29.2 Å². The van der Waals surface area contributed by atoms with E-state index in [0.717, 1.165) is 25.7 Å². The van der Waals surface area contributed by atoms with Gasteiger partial charge in [0.05, 0.1) is 4.90 Å². The maximum absolute atomic E-state index is 12.8. The lowest BCUT2D eigenvalue weighted by Crippen LogP contribution is -2.41. The zero-order chi connectivity index (χ0) is 18.4. The van der Waals surface area contributed by atoms with Gasteiger partial charge in [-0.3, -0.25) is 4.79 Å². The number of amides is 1. The Hall–Kier alpha value is -1.44. The highest BCUT2D eigenvalue weighted by atomic mass is 32.2. The van der Waals surface area contributed by atoms with Gasteiger partial charge >= 0.3 is 0 Å². The summed E-state index contributed by atoms with van der Waals surface area (Å²) in [4.78, 5) is 12.7. The molecule has 7 heteroatoms. The van der Waals surface area contributed by atoms with Crippen molar-refractivity contribution in [2.75, 3.05) is 19.6 Å². The van der Waals surface area contributed by atoms with E-state index in [1.165, 1.54) is 10.4 Å². The Morgan fingerprint density at radius 1 is 1.24 bits per heavy atom. The third kappa shape index (κ3) is 5.26. The zero-order valence-corrected chi connectivity index (χ0v) is 15.9. The molecule has 1 aromatic rings. The van der Waals surface area contributed by atoms with Gasteiger partial charge < -0.3 is 11.1 Å². The molecule has 25 heavy (non-hydrogen) atoms. The van der Waals surface area contributed by atoms with Crippen LogP contribution in [0.3, 0.4) is 0 Å². The van der Waals surface area contributed by atoms with Gasteiger partial charge in [-0.05, 0) is 43.4 Å². The molecule has 1 aliphatic heterocycles. The van der Waals surface area contributed by atoms with Crippen molar-refractivity contribution in [3.05, 3.63) is 29.8 Å². The third-order valence-electron chi connectivity index (χ3n) is 4.42. The monoisotopic (exact) mass is 367 g/mol. The second-order valence-electron chi connectivity index (χ2n) is 7.03. The normalized spacial score (nSPS) is 17.4. The SMILES string of the molecule is CC(C)CC(CN)NC(=O)c1cccc(S(=O)(=O)N2CCCCC2)c1. The molecule has 0 radical (unpaired) electrons. The molecule has 1 saturated heterocycles. The van der Waals surface area contributed by atoms with E-state index in [2.05, 4.69) is 19.2 Å². The maximum Gasteiger partial charge on any atom is 0.251 e. The average molecular weight is 368 g/mol. The van der Waals surface area contributed by atoms with Crippen molar-refractivity contribution in [1.29, 1.82) is 0 Å². The zero-order valence-electron chi connectivity index (χ0n) is 15.1. The minimum absolute atomic E-state index is 0.116. The molecule has 1 heterocycles. The molecule has 0 saturated carbocycles. The number of hydrogen-bond acceptors (Lipinski definition) is 4. The van der Waals surface area contributed by atoms with E-state index in [1.54, 1.807) is 18.2 Å². The number of nitrogens with zero attached hydrogens (tertiary/aromatic N) is 1. The quantitative estimate of drug-likeness (QED) is 0.770. The van der Waals surface area contributed by atoms with Crippen molar-refractivity contribution in [2.45, 2.75) is 50.5 Å². The van der Waals surface area contributed by atoms with Crippen LogP contribution in [0.5, 0.6) is 0 Å². The number of benzene rings is 1. The number of hydrogen-bond donors (Lipinski definition) is 2. The average Bonchev–Trinajstić information content (AvgIpc) is 2.61. The van der Waals surface area contributed by atoms with Gasteiger partial charge in [-0.1, -0.05) is 26.3 Å². The van der Waals surface area contributed by atoms with Gasteiger partial charge in [-0.15, -0.1) is 0 Å². The van der Waals surface area contributed by atoms with E-state index in [0.29, 0.717) is 31.1 Å². The highest BCUT2D eigenvalue weighted by molar-refractivity contribution is 7.89. The minimum Gasteiger partial charge on any atom is -0.348 e. The molecule has 0 bridgehead atoms. The molecule has 0 aliphatic carbocycles. The van der Waals surface area contributed by atoms with Crippen molar-refractivity contribution >= 4 is 15.9 Å². The van der Waals surface area contributed by atoms with Crippen molar-refractivity contribution in [3.8, 4) is 0 Å². The first-order chi connectivity index (χ1) is 11.8. The summed E-state index contributed by atoms with van der Waals surface area (Å²) in [6.07, 6.45) is 3.61. The van der Waals surface area contributed by atoms with E-state index >= 15 is 0 Å². The van der Waals surface area contributed by atoms with Crippen LogP contribution in [-0.2, 0) is 10.0 Å². The standard InChI is InChI=1S/C18H29N3O3S/c1-14(2)11-16(13-19)20-18(22)15-7-6-8-17(12-15)25(23,24)21-9-4-3-5-10-21/h6-8,12,14,16H,3-5,9-11,13,19H2,1-2H3,(H,20,22). The van der Waals surface area contributed by atoms with Crippen molar-refractivity contribution < 1.29 is 13.2 Å². The number of carbonyl (C=O) groups excluding carboxylic acids is 1. The van der Waals surface area contributed by atoms with Crippen molar-refractivity contribution in [1.82, 2.24) is 9.62 Å². The van der Waals surface area contributed by atoms with E-state index in [9.17, 15) is 13.2 Å². The molecule has 0 aromatic heterocycles. The Labute approximate surface area is 150 Å². The van der Waals surface area contributed by atoms with Crippen molar-refractivity contribution in [3.63, 3.8) is 0 Å². The minimum atomic E-state index is -3.54. The fourth-order valence-electron chi connectivity index (χ4n) is 3.10. The van der Waals surface area contributed by atoms with Gasteiger partial charge in [0.2, 0.25) is 10.0 Å². The summed E-state index contributed by atoms with van der Waals surface area (Å²) < 4.78 is 27.0. The van der Waals surface area contributed by atoms with Crippen LogP contribution in [0, 0.1) is 5.92 Å². The lowest BCUT2D eigenvalue weighted by atomic mass is 10.0. The van der Waals surface area contributed by atoms with Crippen LogP contribution >= 0.6 is 0 Å². The predicted octanol–water partition coefficient (Wildman–Crippen LogP) is 1.96. The summed E-state index contributed by atoms with van der Waals surface area (Å²) in [6.45, 7) is 5.59. The summed E-state index contributed by atoms with van der Waals surface area (Å²) in [6, 6.07) is 6.14. The molecule has 1 atom stereocenters. The Balaban J connectivity index is 2.16.